The van der Waals surface area contributed by atoms with Gasteiger partial charge in [-0.2, -0.15) is 0 Å². The monoisotopic (exact) mass is 435 g/mol. The lowest BCUT2D eigenvalue weighted by Gasteiger charge is -2.48. The highest BCUT2D eigenvalue weighted by atomic mass is 16.2. The molecule has 1 aromatic carbocycles. The van der Waals surface area contributed by atoms with E-state index in [0.717, 1.165) is 11.1 Å². The first-order valence-electron chi connectivity index (χ1n) is 10.9. The number of primary amides is 1. The maximum atomic E-state index is 13.8. The smallest absolute Gasteiger partial charge is 0.251 e. The SMILES string of the molecule is Cc1ccc(CN2C(=O)CN(C(C)C)C(=O)C23CCN(c2cc(C(N)=O)ccn2)C3)cc1. The first-order chi connectivity index (χ1) is 15.2. The van der Waals surface area contributed by atoms with Crippen LogP contribution >= 0.6 is 0 Å². The summed E-state index contributed by atoms with van der Waals surface area (Å²) in [6.45, 7) is 7.20. The van der Waals surface area contributed by atoms with Gasteiger partial charge in [-0.05, 0) is 44.9 Å². The second kappa shape index (κ2) is 8.26. The van der Waals surface area contributed by atoms with Crippen LogP contribution in [-0.2, 0) is 16.1 Å². The normalized spacial score (nSPS) is 21.2. The summed E-state index contributed by atoms with van der Waals surface area (Å²) in [5.41, 5.74) is 6.94. The second-order valence-corrected chi connectivity index (χ2v) is 8.96. The number of carbonyl (C=O) groups is 3. The molecule has 2 aliphatic rings. The summed E-state index contributed by atoms with van der Waals surface area (Å²) >= 11 is 0. The molecule has 1 aromatic heterocycles. The van der Waals surface area contributed by atoms with Gasteiger partial charge in [0.15, 0.2) is 0 Å². The van der Waals surface area contributed by atoms with Crippen molar-refractivity contribution >= 4 is 23.5 Å². The van der Waals surface area contributed by atoms with Gasteiger partial charge in [0.05, 0.1) is 6.54 Å². The summed E-state index contributed by atoms with van der Waals surface area (Å²) in [6, 6.07) is 11.2. The lowest BCUT2D eigenvalue weighted by molar-refractivity contribution is -0.166. The zero-order valence-electron chi connectivity index (χ0n) is 18.7. The Kier molecular flexibility index (Phi) is 5.62. The van der Waals surface area contributed by atoms with Crippen LogP contribution in [0.15, 0.2) is 42.6 Å². The average molecular weight is 436 g/mol. The molecule has 0 bridgehead atoms. The lowest BCUT2D eigenvalue weighted by atomic mass is 9.89. The van der Waals surface area contributed by atoms with E-state index in [0.29, 0.717) is 37.4 Å². The number of aryl methyl sites for hydroxylation is 1. The Labute approximate surface area is 188 Å². The number of amides is 3. The minimum Gasteiger partial charge on any atom is -0.366 e. The van der Waals surface area contributed by atoms with Gasteiger partial charge in [-0.25, -0.2) is 4.98 Å². The van der Waals surface area contributed by atoms with E-state index >= 15 is 0 Å². The summed E-state index contributed by atoms with van der Waals surface area (Å²) in [4.78, 5) is 48.5. The Morgan fingerprint density at radius 3 is 2.56 bits per heavy atom. The first-order valence-corrected chi connectivity index (χ1v) is 10.9. The van der Waals surface area contributed by atoms with E-state index in [1.807, 2.05) is 49.9 Å². The Balaban J connectivity index is 1.69. The van der Waals surface area contributed by atoms with E-state index in [1.54, 1.807) is 28.1 Å². The zero-order chi connectivity index (χ0) is 23.0. The average Bonchev–Trinajstić information content (AvgIpc) is 3.21. The molecule has 0 aliphatic carbocycles. The standard InChI is InChI=1S/C24H29N5O3/c1-16(2)28-14-21(30)29(13-18-6-4-17(3)5-7-18)24(23(28)32)9-11-27(15-24)20-12-19(22(25)31)8-10-26-20/h4-8,10,12,16H,9,11,13-15H2,1-3H3,(H2,25,31). The maximum absolute atomic E-state index is 13.8. The molecule has 8 heteroatoms. The number of pyridine rings is 1. The van der Waals surface area contributed by atoms with E-state index in [9.17, 15) is 14.4 Å². The number of hydrogen-bond acceptors (Lipinski definition) is 5. The molecular weight excluding hydrogens is 406 g/mol. The van der Waals surface area contributed by atoms with Crippen molar-refractivity contribution < 1.29 is 14.4 Å². The zero-order valence-corrected chi connectivity index (χ0v) is 18.7. The predicted molar refractivity (Wildman–Crippen MR) is 121 cm³/mol. The van der Waals surface area contributed by atoms with Crippen LogP contribution < -0.4 is 10.6 Å². The van der Waals surface area contributed by atoms with Gasteiger partial charge >= 0.3 is 0 Å². The molecule has 32 heavy (non-hydrogen) atoms. The third-order valence-corrected chi connectivity index (χ3v) is 6.47. The lowest BCUT2D eigenvalue weighted by Crippen LogP contribution is -2.69. The van der Waals surface area contributed by atoms with Crippen molar-refractivity contribution in [3.8, 4) is 0 Å². The largest absolute Gasteiger partial charge is 0.366 e. The molecule has 168 valence electrons. The number of anilines is 1. The van der Waals surface area contributed by atoms with Gasteiger partial charge < -0.3 is 20.4 Å². The highest BCUT2D eigenvalue weighted by molar-refractivity contribution is 5.99. The van der Waals surface area contributed by atoms with Crippen molar-refractivity contribution in [1.82, 2.24) is 14.8 Å². The second-order valence-electron chi connectivity index (χ2n) is 8.96. The molecule has 1 unspecified atom stereocenters. The predicted octanol–water partition coefficient (Wildman–Crippen LogP) is 1.72. The summed E-state index contributed by atoms with van der Waals surface area (Å²) in [7, 11) is 0. The molecule has 0 saturated carbocycles. The van der Waals surface area contributed by atoms with Gasteiger partial charge in [0.1, 0.15) is 17.9 Å². The van der Waals surface area contributed by atoms with Gasteiger partial charge in [-0.1, -0.05) is 29.8 Å². The fourth-order valence-electron chi connectivity index (χ4n) is 4.59. The fraction of sp³-hybridized carbons (Fsp3) is 0.417. The van der Waals surface area contributed by atoms with Crippen molar-refractivity contribution in [3.63, 3.8) is 0 Å². The molecular formula is C24H29N5O3. The summed E-state index contributed by atoms with van der Waals surface area (Å²) in [5.74, 6) is -0.0406. The summed E-state index contributed by atoms with van der Waals surface area (Å²) in [5, 5.41) is 0. The maximum Gasteiger partial charge on any atom is 0.251 e. The quantitative estimate of drug-likeness (QED) is 0.771. The van der Waals surface area contributed by atoms with Crippen LogP contribution in [0.4, 0.5) is 5.82 Å². The van der Waals surface area contributed by atoms with Gasteiger partial charge in [-0.3, -0.25) is 14.4 Å². The number of carbonyl (C=O) groups excluding carboxylic acids is 3. The Morgan fingerprint density at radius 1 is 1.19 bits per heavy atom. The summed E-state index contributed by atoms with van der Waals surface area (Å²) in [6.07, 6.45) is 2.04. The molecule has 8 nitrogen and oxygen atoms in total. The molecule has 2 N–H and O–H groups in total. The van der Waals surface area contributed by atoms with Crippen LogP contribution in [-0.4, -0.2) is 63.7 Å². The van der Waals surface area contributed by atoms with E-state index in [2.05, 4.69) is 4.98 Å². The molecule has 3 heterocycles. The third-order valence-electron chi connectivity index (χ3n) is 6.47. The number of piperazine rings is 1. The Hall–Kier alpha value is -3.42. The third kappa shape index (κ3) is 3.81. The molecule has 1 atom stereocenters. The van der Waals surface area contributed by atoms with E-state index in [1.165, 1.54) is 0 Å². The number of nitrogens with zero attached hydrogens (tertiary/aromatic N) is 4. The number of hydrogen-bond donors (Lipinski definition) is 1. The number of nitrogens with two attached hydrogens (primary N) is 1. The Bertz CT molecular complexity index is 1050. The number of rotatable bonds is 5. The summed E-state index contributed by atoms with van der Waals surface area (Å²) < 4.78 is 0. The van der Waals surface area contributed by atoms with Gasteiger partial charge in [0.25, 0.3) is 5.91 Å². The molecule has 1 spiro atoms. The highest BCUT2D eigenvalue weighted by Gasteiger charge is 2.56. The van der Waals surface area contributed by atoms with Crippen molar-refractivity contribution in [2.45, 2.75) is 45.3 Å². The van der Waals surface area contributed by atoms with Gasteiger partial charge in [0.2, 0.25) is 11.8 Å². The van der Waals surface area contributed by atoms with Crippen LogP contribution in [0.3, 0.4) is 0 Å². The molecule has 4 rings (SSSR count). The molecule has 2 aromatic rings. The van der Waals surface area contributed by atoms with Crippen LogP contribution in [0.5, 0.6) is 0 Å². The molecule has 3 amide bonds. The van der Waals surface area contributed by atoms with Crippen LogP contribution in [0.1, 0.15) is 41.8 Å². The number of benzene rings is 1. The van der Waals surface area contributed by atoms with Crippen molar-refractivity contribution in [2.24, 2.45) is 5.73 Å². The van der Waals surface area contributed by atoms with Crippen molar-refractivity contribution in [1.29, 1.82) is 0 Å². The van der Waals surface area contributed by atoms with E-state index in [4.69, 9.17) is 5.73 Å². The number of aromatic nitrogens is 1. The van der Waals surface area contributed by atoms with E-state index in [-0.39, 0.29) is 24.4 Å². The van der Waals surface area contributed by atoms with Gasteiger partial charge in [0, 0.05) is 30.9 Å². The first kappa shape index (κ1) is 21.8. The molecule has 2 saturated heterocycles. The minimum absolute atomic E-state index is 0.0345. The molecule has 2 fully saturated rings. The van der Waals surface area contributed by atoms with Gasteiger partial charge in [-0.15, -0.1) is 0 Å². The van der Waals surface area contributed by atoms with Crippen molar-refractivity contribution in [3.05, 3.63) is 59.3 Å². The molecule has 2 aliphatic heterocycles. The van der Waals surface area contributed by atoms with Crippen LogP contribution in [0, 0.1) is 6.92 Å². The highest BCUT2D eigenvalue weighted by Crippen LogP contribution is 2.37. The minimum atomic E-state index is -0.977. The van der Waals surface area contributed by atoms with E-state index < -0.39 is 11.4 Å². The van der Waals surface area contributed by atoms with Crippen LogP contribution in [0.2, 0.25) is 0 Å². The fourth-order valence-corrected chi connectivity index (χ4v) is 4.59. The van der Waals surface area contributed by atoms with Crippen molar-refractivity contribution in [2.75, 3.05) is 24.5 Å². The Morgan fingerprint density at radius 2 is 1.91 bits per heavy atom. The topological polar surface area (TPSA) is 99.8 Å². The van der Waals surface area contributed by atoms with Crippen LogP contribution in [0.25, 0.3) is 0 Å². The molecule has 0 radical (unpaired) electrons.